The minimum absolute atomic E-state index is 0.584. The molecule has 0 aliphatic rings. The lowest BCUT2D eigenvalue weighted by Gasteiger charge is -2.04. The van der Waals surface area contributed by atoms with Crippen molar-refractivity contribution < 1.29 is 4.74 Å². The van der Waals surface area contributed by atoms with Crippen LogP contribution in [-0.2, 0) is 17.9 Å². The molecule has 0 bridgehead atoms. The van der Waals surface area contributed by atoms with Gasteiger partial charge in [0.1, 0.15) is 0 Å². The summed E-state index contributed by atoms with van der Waals surface area (Å²) in [5.74, 6) is 0. The SMILES string of the molecule is C=CCCOCc1cccc(CN)c1. The maximum absolute atomic E-state index is 5.54. The van der Waals surface area contributed by atoms with Gasteiger partial charge < -0.3 is 10.5 Å². The van der Waals surface area contributed by atoms with Gasteiger partial charge in [-0.2, -0.15) is 0 Å². The standard InChI is InChI=1S/C12H17NO/c1-2-3-7-14-10-12-6-4-5-11(8-12)9-13/h2,4-6,8H,1,3,7,9-10,13H2. The van der Waals surface area contributed by atoms with E-state index in [4.69, 9.17) is 10.5 Å². The van der Waals surface area contributed by atoms with E-state index in [2.05, 4.69) is 12.6 Å². The molecule has 0 unspecified atom stereocenters. The Morgan fingerprint density at radius 3 is 2.86 bits per heavy atom. The van der Waals surface area contributed by atoms with Gasteiger partial charge in [0.2, 0.25) is 0 Å². The number of ether oxygens (including phenoxy) is 1. The summed E-state index contributed by atoms with van der Waals surface area (Å²) in [5, 5.41) is 0. The van der Waals surface area contributed by atoms with Gasteiger partial charge in [-0.3, -0.25) is 0 Å². The molecule has 0 aromatic heterocycles. The third kappa shape index (κ3) is 3.73. The van der Waals surface area contributed by atoms with E-state index in [1.807, 2.05) is 24.3 Å². The average Bonchev–Trinajstić information content (AvgIpc) is 2.25. The summed E-state index contributed by atoms with van der Waals surface area (Å²) in [7, 11) is 0. The van der Waals surface area contributed by atoms with Crippen LogP contribution in [0.2, 0.25) is 0 Å². The van der Waals surface area contributed by atoms with Crippen molar-refractivity contribution in [2.75, 3.05) is 6.61 Å². The molecule has 1 aromatic carbocycles. The summed E-state index contributed by atoms with van der Waals surface area (Å²) in [6, 6.07) is 8.16. The van der Waals surface area contributed by atoms with Gasteiger partial charge in [-0.05, 0) is 17.5 Å². The smallest absolute Gasteiger partial charge is 0.0717 e. The molecule has 0 heterocycles. The predicted octanol–water partition coefficient (Wildman–Crippen LogP) is 2.24. The van der Waals surface area contributed by atoms with E-state index < -0.39 is 0 Å². The van der Waals surface area contributed by atoms with E-state index in [0.717, 1.165) is 18.6 Å². The highest BCUT2D eigenvalue weighted by atomic mass is 16.5. The monoisotopic (exact) mass is 191 g/mol. The fraction of sp³-hybridized carbons (Fsp3) is 0.333. The molecule has 1 aromatic rings. The Kier molecular flexibility index (Phi) is 4.97. The first-order chi connectivity index (χ1) is 6.86. The van der Waals surface area contributed by atoms with Crippen molar-refractivity contribution in [3.63, 3.8) is 0 Å². The van der Waals surface area contributed by atoms with Crippen LogP contribution in [0.5, 0.6) is 0 Å². The number of benzene rings is 1. The van der Waals surface area contributed by atoms with Crippen molar-refractivity contribution in [1.82, 2.24) is 0 Å². The summed E-state index contributed by atoms with van der Waals surface area (Å²) >= 11 is 0. The van der Waals surface area contributed by atoms with Crippen LogP contribution >= 0.6 is 0 Å². The van der Waals surface area contributed by atoms with E-state index in [1.165, 1.54) is 5.56 Å². The second kappa shape index (κ2) is 6.35. The lowest BCUT2D eigenvalue weighted by Crippen LogP contribution is -1.99. The van der Waals surface area contributed by atoms with Gasteiger partial charge in [0.15, 0.2) is 0 Å². The summed E-state index contributed by atoms with van der Waals surface area (Å²) in [6.07, 6.45) is 2.76. The molecule has 2 heteroatoms. The highest BCUT2D eigenvalue weighted by molar-refractivity contribution is 5.22. The minimum atomic E-state index is 0.584. The third-order valence-corrected chi connectivity index (χ3v) is 1.96. The number of hydrogen-bond donors (Lipinski definition) is 1. The topological polar surface area (TPSA) is 35.2 Å². The predicted molar refractivity (Wildman–Crippen MR) is 58.8 cm³/mol. The highest BCUT2D eigenvalue weighted by Crippen LogP contribution is 2.06. The highest BCUT2D eigenvalue weighted by Gasteiger charge is 1.94. The van der Waals surface area contributed by atoms with Crippen molar-refractivity contribution in [3.05, 3.63) is 48.0 Å². The lowest BCUT2D eigenvalue weighted by molar-refractivity contribution is 0.125. The molecule has 2 N–H and O–H groups in total. The van der Waals surface area contributed by atoms with Gasteiger partial charge in [-0.1, -0.05) is 30.3 Å². The first kappa shape index (κ1) is 11.0. The van der Waals surface area contributed by atoms with E-state index in [9.17, 15) is 0 Å². The van der Waals surface area contributed by atoms with E-state index in [-0.39, 0.29) is 0 Å². The van der Waals surface area contributed by atoms with Gasteiger partial charge >= 0.3 is 0 Å². The van der Waals surface area contributed by atoms with Crippen molar-refractivity contribution in [2.45, 2.75) is 19.6 Å². The summed E-state index contributed by atoms with van der Waals surface area (Å²) in [6.45, 7) is 5.61. The average molecular weight is 191 g/mol. The molecule has 0 spiro atoms. The van der Waals surface area contributed by atoms with Crippen LogP contribution in [0.15, 0.2) is 36.9 Å². The van der Waals surface area contributed by atoms with Crippen LogP contribution in [0.3, 0.4) is 0 Å². The van der Waals surface area contributed by atoms with E-state index in [1.54, 1.807) is 0 Å². The van der Waals surface area contributed by atoms with Gasteiger partial charge in [-0.25, -0.2) is 0 Å². The summed E-state index contributed by atoms with van der Waals surface area (Å²) < 4.78 is 5.45. The van der Waals surface area contributed by atoms with Crippen molar-refractivity contribution in [2.24, 2.45) is 5.73 Å². The Morgan fingerprint density at radius 2 is 2.14 bits per heavy atom. The van der Waals surface area contributed by atoms with E-state index >= 15 is 0 Å². The Morgan fingerprint density at radius 1 is 1.36 bits per heavy atom. The number of hydrogen-bond acceptors (Lipinski definition) is 2. The maximum atomic E-state index is 5.54. The fourth-order valence-electron chi connectivity index (χ4n) is 1.20. The second-order valence-corrected chi connectivity index (χ2v) is 3.15. The largest absolute Gasteiger partial charge is 0.376 e. The Hall–Kier alpha value is -1.12. The van der Waals surface area contributed by atoms with Crippen LogP contribution in [0.4, 0.5) is 0 Å². The van der Waals surface area contributed by atoms with Gasteiger partial charge in [-0.15, -0.1) is 6.58 Å². The Bertz CT molecular complexity index is 283. The molecule has 0 aliphatic heterocycles. The molecule has 0 saturated carbocycles. The molecule has 0 saturated heterocycles. The van der Waals surface area contributed by atoms with Crippen LogP contribution in [0.25, 0.3) is 0 Å². The molecule has 0 fully saturated rings. The summed E-state index contributed by atoms with van der Waals surface area (Å²) in [4.78, 5) is 0. The van der Waals surface area contributed by atoms with Crippen molar-refractivity contribution >= 4 is 0 Å². The van der Waals surface area contributed by atoms with Crippen LogP contribution in [0.1, 0.15) is 17.5 Å². The van der Waals surface area contributed by atoms with Crippen molar-refractivity contribution in [1.29, 1.82) is 0 Å². The number of rotatable bonds is 6. The lowest BCUT2D eigenvalue weighted by atomic mass is 10.1. The first-order valence-electron chi connectivity index (χ1n) is 4.83. The summed E-state index contributed by atoms with van der Waals surface area (Å²) in [5.41, 5.74) is 7.87. The van der Waals surface area contributed by atoms with Gasteiger partial charge in [0.05, 0.1) is 13.2 Å². The molecule has 2 nitrogen and oxygen atoms in total. The molecule has 1 rings (SSSR count). The minimum Gasteiger partial charge on any atom is -0.376 e. The first-order valence-corrected chi connectivity index (χ1v) is 4.83. The molecule has 0 amide bonds. The Labute approximate surface area is 85.4 Å². The Balaban J connectivity index is 2.38. The molecular weight excluding hydrogens is 174 g/mol. The zero-order valence-electron chi connectivity index (χ0n) is 8.41. The van der Waals surface area contributed by atoms with Gasteiger partial charge in [0, 0.05) is 6.54 Å². The van der Waals surface area contributed by atoms with E-state index in [0.29, 0.717) is 13.2 Å². The normalized spacial score (nSPS) is 10.1. The van der Waals surface area contributed by atoms with Crippen LogP contribution in [0, 0.1) is 0 Å². The van der Waals surface area contributed by atoms with Crippen molar-refractivity contribution in [3.8, 4) is 0 Å². The molecule has 0 radical (unpaired) electrons. The maximum Gasteiger partial charge on any atom is 0.0717 e. The molecule has 0 atom stereocenters. The molecule has 76 valence electrons. The quantitative estimate of drug-likeness (QED) is 0.553. The number of nitrogens with two attached hydrogens (primary N) is 1. The zero-order chi connectivity index (χ0) is 10.2. The molecular formula is C12H17NO. The molecule has 14 heavy (non-hydrogen) atoms. The molecule has 0 aliphatic carbocycles. The van der Waals surface area contributed by atoms with Crippen LogP contribution in [-0.4, -0.2) is 6.61 Å². The van der Waals surface area contributed by atoms with Crippen LogP contribution < -0.4 is 5.73 Å². The third-order valence-electron chi connectivity index (χ3n) is 1.96. The van der Waals surface area contributed by atoms with Gasteiger partial charge in [0.25, 0.3) is 0 Å². The fourth-order valence-corrected chi connectivity index (χ4v) is 1.20. The second-order valence-electron chi connectivity index (χ2n) is 3.15. The zero-order valence-corrected chi connectivity index (χ0v) is 8.41.